The third kappa shape index (κ3) is 3.86. The van der Waals surface area contributed by atoms with Crippen LogP contribution in [-0.2, 0) is 4.79 Å². The Kier molecular flexibility index (Phi) is 5.30. The zero-order chi connectivity index (χ0) is 19.6. The van der Waals surface area contributed by atoms with Crippen molar-refractivity contribution >= 4 is 17.7 Å². The van der Waals surface area contributed by atoms with Gasteiger partial charge in [0.05, 0.1) is 17.2 Å². The molecule has 0 bridgehead atoms. The van der Waals surface area contributed by atoms with Gasteiger partial charge in [0.2, 0.25) is 5.91 Å². The smallest absolute Gasteiger partial charge is 0.261 e. The molecule has 0 saturated carbocycles. The Bertz CT molecular complexity index is 879. The summed E-state index contributed by atoms with van der Waals surface area (Å²) in [4.78, 5) is 37.7. The lowest BCUT2D eigenvalue weighted by atomic mass is 10.1. The van der Waals surface area contributed by atoms with Gasteiger partial charge in [0.1, 0.15) is 11.6 Å². The lowest BCUT2D eigenvalue weighted by molar-refractivity contribution is -0.121. The number of imide groups is 1. The first-order chi connectivity index (χ1) is 12.9. The average Bonchev–Trinajstić information content (AvgIpc) is 2.89. The van der Waals surface area contributed by atoms with Crippen molar-refractivity contribution in [3.05, 3.63) is 70.8 Å². The molecule has 0 aromatic heterocycles. The fourth-order valence-electron chi connectivity index (χ4n) is 3.08. The lowest BCUT2D eigenvalue weighted by Crippen LogP contribution is -2.32. The number of nitrogens with one attached hydrogen (secondary N) is 1. The lowest BCUT2D eigenvalue weighted by Gasteiger charge is -2.16. The van der Waals surface area contributed by atoms with Crippen molar-refractivity contribution in [2.45, 2.75) is 25.8 Å². The maximum atomic E-state index is 13.7. The second kappa shape index (κ2) is 7.65. The molecule has 1 N–H and O–H groups in total. The summed E-state index contributed by atoms with van der Waals surface area (Å²) in [6.45, 7) is 1.67. The SMILES string of the molecule is CC(NC(=O)CCCN1C(=O)c2ccccc2C1=O)c1cc(F)ccc1F. The molecule has 0 radical (unpaired) electrons. The molecule has 0 saturated heterocycles. The van der Waals surface area contributed by atoms with E-state index in [1.165, 1.54) is 0 Å². The number of rotatable bonds is 6. The molecule has 5 nitrogen and oxygen atoms in total. The highest BCUT2D eigenvalue weighted by molar-refractivity contribution is 6.21. The minimum absolute atomic E-state index is 0.0503. The van der Waals surface area contributed by atoms with Crippen LogP contribution in [0.2, 0.25) is 0 Å². The number of benzene rings is 2. The second-order valence-corrected chi connectivity index (χ2v) is 6.37. The van der Waals surface area contributed by atoms with Crippen molar-refractivity contribution in [2.24, 2.45) is 0 Å². The summed E-state index contributed by atoms with van der Waals surface area (Å²) in [5, 5.41) is 2.60. The van der Waals surface area contributed by atoms with Crippen molar-refractivity contribution in [3.63, 3.8) is 0 Å². The Balaban J connectivity index is 1.52. The van der Waals surface area contributed by atoms with Crippen LogP contribution in [-0.4, -0.2) is 29.2 Å². The van der Waals surface area contributed by atoms with Crippen LogP contribution in [0.4, 0.5) is 8.78 Å². The van der Waals surface area contributed by atoms with E-state index in [1.807, 2.05) is 0 Å². The summed E-state index contributed by atoms with van der Waals surface area (Å²) in [6.07, 6.45) is 0.324. The summed E-state index contributed by atoms with van der Waals surface area (Å²) in [5.41, 5.74) is 0.785. The van der Waals surface area contributed by atoms with Gasteiger partial charge in [-0.05, 0) is 43.7 Å². The van der Waals surface area contributed by atoms with Crippen molar-refractivity contribution in [1.82, 2.24) is 10.2 Å². The van der Waals surface area contributed by atoms with Gasteiger partial charge in [-0.25, -0.2) is 8.78 Å². The van der Waals surface area contributed by atoms with E-state index in [1.54, 1.807) is 31.2 Å². The number of halogens is 2. The van der Waals surface area contributed by atoms with Gasteiger partial charge in [0.15, 0.2) is 0 Å². The number of hydrogen-bond acceptors (Lipinski definition) is 3. The van der Waals surface area contributed by atoms with Crippen molar-refractivity contribution < 1.29 is 23.2 Å². The van der Waals surface area contributed by atoms with Gasteiger partial charge in [-0.3, -0.25) is 19.3 Å². The first-order valence-corrected chi connectivity index (χ1v) is 8.58. The van der Waals surface area contributed by atoms with Crippen molar-refractivity contribution in [1.29, 1.82) is 0 Å². The number of hydrogen-bond donors (Lipinski definition) is 1. The van der Waals surface area contributed by atoms with E-state index < -0.39 is 17.7 Å². The topological polar surface area (TPSA) is 66.5 Å². The average molecular weight is 372 g/mol. The molecule has 0 aliphatic carbocycles. The van der Waals surface area contributed by atoms with E-state index in [0.717, 1.165) is 23.1 Å². The zero-order valence-electron chi connectivity index (χ0n) is 14.7. The van der Waals surface area contributed by atoms with Crippen LogP contribution in [0.25, 0.3) is 0 Å². The van der Waals surface area contributed by atoms with Crippen LogP contribution in [0, 0.1) is 11.6 Å². The Morgan fingerprint density at radius 3 is 2.33 bits per heavy atom. The first kappa shape index (κ1) is 18.7. The predicted octanol–water partition coefficient (Wildman–Crippen LogP) is 3.22. The Morgan fingerprint density at radius 1 is 1.07 bits per heavy atom. The molecular weight excluding hydrogens is 354 g/mol. The van der Waals surface area contributed by atoms with E-state index >= 15 is 0 Å². The number of fused-ring (bicyclic) bond motifs is 1. The maximum Gasteiger partial charge on any atom is 0.261 e. The molecule has 140 valence electrons. The number of carbonyl (C=O) groups is 3. The minimum atomic E-state index is -0.701. The van der Waals surface area contributed by atoms with E-state index in [0.29, 0.717) is 11.1 Å². The fourth-order valence-corrected chi connectivity index (χ4v) is 3.08. The molecule has 3 amide bonds. The van der Waals surface area contributed by atoms with Crippen LogP contribution in [0.5, 0.6) is 0 Å². The van der Waals surface area contributed by atoms with Gasteiger partial charge < -0.3 is 5.32 Å². The van der Waals surface area contributed by atoms with E-state index in [4.69, 9.17) is 0 Å². The summed E-state index contributed by atoms with van der Waals surface area (Å²) in [7, 11) is 0. The van der Waals surface area contributed by atoms with E-state index in [2.05, 4.69) is 5.32 Å². The molecule has 0 fully saturated rings. The number of carbonyl (C=O) groups excluding carboxylic acids is 3. The second-order valence-electron chi connectivity index (χ2n) is 6.37. The molecule has 1 atom stereocenters. The molecule has 1 aliphatic rings. The van der Waals surface area contributed by atoms with Crippen LogP contribution < -0.4 is 5.32 Å². The molecule has 2 aromatic carbocycles. The van der Waals surface area contributed by atoms with Crippen LogP contribution in [0.3, 0.4) is 0 Å². The highest BCUT2D eigenvalue weighted by Gasteiger charge is 2.34. The van der Waals surface area contributed by atoms with Gasteiger partial charge in [-0.15, -0.1) is 0 Å². The quantitative estimate of drug-likeness (QED) is 0.792. The molecule has 2 aromatic rings. The van der Waals surface area contributed by atoms with Gasteiger partial charge in [0.25, 0.3) is 11.8 Å². The zero-order valence-corrected chi connectivity index (χ0v) is 14.7. The van der Waals surface area contributed by atoms with Gasteiger partial charge in [0, 0.05) is 18.5 Å². The molecule has 1 unspecified atom stereocenters. The Hall–Kier alpha value is -3.09. The minimum Gasteiger partial charge on any atom is -0.349 e. The molecule has 1 aliphatic heterocycles. The van der Waals surface area contributed by atoms with Crippen molar-refractivity contribution in [3.8, 4) is 0 Å². The molecular formula is C20H18F2N2O3. The molecule has 7 heteroatoms. The van der Waals surface area contributed by atoms with Gasteiger partial charge in [-0.2, -0.15) is 0 Å². The summed E-state index contributed by atoms with van der Waals surface area (Å²) >= 11 is 0. The highest BCUT2D eigenvalue weighted by Crippen LogP contribution is 2.23. The molecule has 27 heavy (non-hydrogen) atoms. The summed E-state index contributed by atoms with van der Waals surface area (Å²) in [6, 6.07) is 8.92. The van der Waals surface area contributed by atoms with Crippen LogP contribution in [0.1, 0.15) is 52.1 Å². The Labute approximate surface area is 155 Å². The first-order valence-electron chi connectivity index (χ1n) is 8.58. The summed E-state index contributed by atoms with van der Waals surface area (Å²) < 4.78 is 27.0. The van der Waals surface area contributed by atoms with Crippen molar-refractivity contribution in [2.75, 3.05) is 6.54 Å². The standard InChI is InChI=1S/C20H18F2N2O3/c1-12(16-11-13(21)8-9-17(16)22)23-18(25)7-4-10-24-19(26)14-5-2-3-6-15(14)20(24)27/h2-3,5-6,8-9,11-12H,4,7,10H2,1H3,(H,23,25). The van der Waals surface area contributed by atoms with Gasteiger partial charge in [-0.1, -0.05) is 12.1 Å². The Morgan fingerprint density at radius 2 is 1.70 bits per heavy atom. The molecule has 3 rings (SSSR count). The third-order valence-corrected chi connectivity index (χ3v) is 4.47. The number of amides is 3. The molecule has 0 spiro atoms. The normalized spacial score (nSPS) is 14.3. The van der Waals surface area contributed by atoms with Crippen LogP contribution >= 0.6 is 0 Å². The van der Waals surface area contributed by atoms with E-state index in [9.17, 15) is 23.2 Å². The summed E-state index contributed by atoms with van der Waals surface area (Å²) in [5.74, 6) is -2.30. The molecule has 1 heterocycles. The van der Waals surface area contributed by atoms with E-state index in [-0.39, 0.29) is 42.7 Å². The fraction of sp³-hybridized carbons (Fsp3) is 0.250. The van der Waals surface area contributed by atoms with Crippen LogP contribution in [0.15, 0.2) is 42.5 Å². The third-order valence-electron chi connectivity index (χ3n) is 4.47. The largest absolute Gasteiger partial charge is 0.349 e. The number of nitrogens with zero attached hydrogens (tertiary/aromatic N) is 1. The van der Waals surface area contributed by atoms with Gasteiger partial charge >= 0.3 is 0 Å². The monoisotopic (exact) mass is 372 g/mol. The highest BCUT2D eigenvalue weighted by atomic mass is 19.1. The maximum absolute atomic E-state index is 13.7. The predicted molar refractivity (Wildman–Crippen MR) is 94.0 cm³/mol.